The zero-order valence-corrected chi connectivity index (χ0v) is 11.5. The van der Waals surface area contributed by atoms with Crippen LogP contribution < -0.4 is 22.1 Å². The molecule has 4 heteroatoms. The molecule has 4 nitrogen and oxygen atoms in total. The molecule has 0 bridgehead atoms. The molecule has 2 rings (SSSR count). The minimum absolute atomic E-state index is 0.357. The average molecular weight is 254 g/mol. The molecule has 0 heterocycles. The van der Waals surface area contributed by atoms with E-state index in [1.807, 2.05) is 0 Å². The highest BCUT2D eigenvalue weighted by molar-refractivity contribution is 4.86. The first-order valence-electron chi connectivity index (χ1n) is 7.75. The van der Waals surface area contributed by atoms with Crippen molar-refractivity contribution in [3.05, 3.63) is 0 Å². The van der Waals surface area contributed by atoms with Crippen molar-refractivity contribution in [3.63, 3.8) is 0 Å². The Morgan fingerprint density at radius 3 is 1.44 bits per heavy atom. The predicted octanol–water partition coefficient (Wildman–Crippen LogP) is 0.705. The molecule has 0 amide bonds. The van der Waals surface area contributed by atoms with Gasteiger partial charge in [0, 0.05) is 37.3 Å². The van der Waals surface area contributed by atoms with Gasteiger partial charge in [0.25, 0.3) is 0 Å². The third-order valence-electron chi connectivity index (χ3n) is 4.58. The Morgan fingerprint density at radius 1 is 0.667 bits per heavy atom. The second-order valence-corrected chi connectivity index (χ2v) is 6.02. The number of nitrogens with one attached hydrogen (secondary N) is 2. The van der Waals surface area contributed by atoms with E-state index in [1.165, 1.54) is 51.4 Å². The number of nitrogens with two attached hydrogens (primary N) is 2. The maximum atomic E-state index is 6.12. The molecule has 0 spiro atoms. The highest BCUT2D eigenvalue weighted by atomic mass is 15.0. The van der Waals surface area contributed by atoms with Crippen molar-refractivity contribution in [2.75, 3.05) is 13.1 Å². The van der Waals surface area contributed by atoms with Crippen LogP contribution in [-0.2, 0) is 0 Å². The molecule has 18 heavy (non-hydrogen) atoms. The minimum Gasteiger partial charge on any atom is -0.326 e. The van der Waals surface area contributed by atoms with Gasteiger partial charge >= 0.3 is 0 Å². The lowest BCUT2D eigenvalue weighted by atomic mass is 9.90. The van der Waals surface area contributed by atoms with E-state index in [0.717, 1.165) is 13.1 Å². The molecule has 0 aromatic carbocycles. The Hall–Kier alpha value is -0.160. The summed E-state index contributed by atoms with van der Waals surface area (Å²) in [5, 5.41) is 7.19. The van der Waals surface area contributed by atoms with Crippen LogP contribution in [-0.4, -0.2) is 37.3 Å². The Morgan fingerprint density at radius 2 is 1.06 bits per heavy atom. The van der Waals surface area contributed by atoms with Crippen LogP contribution in [0.4, 0.5) is 0 Å². The standard InChI is InChI=1S/C14H30N4/c15-11-5-1-3-7-13(11)17-9-10-18-14-8-4-2-6-12(14)16/h11-14,17-18H,1-10,15-16H2/t11-,12-,13+,14+/m1/s1. The molecule has 0 aromatic heterocycles. The Balaban J connectivity index is 1.57. The Labute approximate surface area is 111 Å². The molecular weight excluding hydrogens is 224 g/mol. The van der Waals surface area contributed by atoms with Crippen LogP contribution in [0.3, 0.4) is 0 Å². The third-order valence-corrected chi connectivity index (χ3v) is 4.58. The number of rotatable bonds is 5. The lowest BCUT2D eigenvalue weighted by molar-refractivity contribution is 0.306. The molecule has 0 saturated heterocycles. The summed E-state index contributed by atoms with van der Waals surface area (Å²) < 4.78 is 0. The normalized spacial score (nSPS) is 37.7. The van der Waals surface area contributed by atoms with E-state index in [9.17, 15) is 0 Å². The predicted molar refractivity (Wildman–Crippen MR) is 76.5 cm³/mol. The van der Waals surface area contributed by atoms with Crippen LogP contribution in [0.15, 0.2) is 0 Å². The molecule has 0 unspecified atom stereocenters. The fraction of sp³-hybridized carbons (Fsp3) is 1.00. The van der Waals surface area contributed by atoms with Gasteiger partial charge in [-0.05, 0) is 25.7 Å². The summed E-state index contributed by atoms with van der Waals surface area (Å²) in [6.07, 6.45) is 10.1. The lowest BCUT2D eigenvalue weighted by Gasteiger charge is -2.31. The molecule has 0 aromatic rings. The largest absolute Gasteiger partial charge is 0.326 e. The van der Waals surface area contributed by atoms with Crippen LogP contribution in [0.2, 0.25) is 0 Å². The lowest BCUT2D eigenvalue weighted by Crippen LogP contribution is -2.51. The van der Waals surface area contributed by atoms with Crippen LogP contribution in [0.5, 0.6) is 0 Å². The van der Waals surface area contributed by atoms with Gasteiger partial charge in [-0.15, -0.1) is 0 Å². The van der Waals surface area contributed by atoms with Gasteiger partial charge in [-0.25, -0.2) is 0 Å². The highest BCUT2D eigenvalue weighted by Crippen LogP contribution is 2.17. The Kier molecular flexibility index (Phi) is 5.89. The number of hydrogen-bond acceptors (Lipinski definition) is 4. The minimum atomic E-state index is 0.357. The second kappa shape index (κ2) is 7.43. The average Bonchev–Trinajstić information content (AvgIpc) is 2.38. The highest BCUT2D eigenvalue weighted by Gasteiger charge is 2.22. The maximum Gasteiger partial charge on any atom is 0.0219 e. The first-order valence-corrected chi connectivity index (χ1v) is 7.75. The van der Waals surface area contributed by atoms with E-state index in [0.29, 0.717) is 24.2 Å². The summed E-state index contributed by atoms with van der Waals surface area (Å²) in [5.41, 5.74) is 12.2. The molecule has 2 aliphatic carbocycles. The SMILES string of the molecule is N[C@@H]1CCCC[C@@H]1NCCN[C@H]1CCCC[C@H]1N. The first kappa shape index (κ1) is 14.3. The summed E-state index contributed by atoms with van der Waals surface area (Å²) in [5.74, 6) is 0. The molecule has 4 atom stereocenters. The topological polar surface area (TPSA) is 76.1 Å². The van der Waals surface area contributed by atoms with Crippen molar-refractivity contribution in [2.24, 2.45) is 11.5 Å². The molecule has 0 radical (unpaired) electrons. The zero-order valence-electron chi connectivity index (χ0n) is 11.5. The Bertz CT molecular complexity index is 210. The quantitative estimate of drug-likeness (QED) is 0.545. The zero-order chi connectivity index (χ0) is 12.8. The van der Waals surface area contributed by atoms with Gasteiger partial charge < -0.3 is 22.1 Å². The summed E-state index contributed by atoms with van der Waals surface area (Å²) in [4.78, 5) is 0. The van der Waals surface area contributed by atoms with Crippen LogP contribution >= 0.6 is 0 Å². The van der Waals surface area contributed by atoms with E-state index in [1.54, 1.807) is 0 Å². The van der Waals surface area contributed by atoms with Gasteiger partial charge in [0.15, 0.2) is 0 Å². The first-order chi connectivity index (χ1) is 8.77. The summed E-state index contributed by atoms with van der Waals surface area (Å²) >= 11 is 0. The monoisotopic (exact) mass is 254 g/mol. The molecule has 0 aliphatic heterocycles. The van der Waals surface area contributed by atoms with Crippen molar-refractivity contribution in [3.8, 4) is 0 Å². The summed E-state index contributed by atoms with van der Waals surface area (Å²) in [7, 11) is 0. The molecule has 2 saturated carbocycles. The van der Waals surface area contributed by atoms with Crippen LogP contribution in [0.1, 0.15) is 51.4 Å². The smallest absolute Gasteiger partial charge is 0.0219 e. The van der Waals surface area contributed by atoms with Crippen LogP contribution in [0, 0.1) is 0 Å². The molecule has 2 fully saturated rings. The second-order valence-electron chi connectivity index (χ2n) is 6.02. The van der Waals surface area contributed by atoms with E-state index in [-0.39, 0.29) is 0 Å². The van der Waals surface area contributed by atoms with Crippen molar-refractivity contribution in [1.29, 1.82) is 0 Å². The fourth-order valence-corrected chi connectivity index (χ4v) is 3.34. The van der Waals surface area contributed by atoms with E-state index >= 15 is 0 Å². The van der Waals surface area contributed by atoms with Gasteiger partial charge in [0.2, 0.25) is 0 Å². The summed E-state index contributed by atoms with van der Waals surface area (Å²) in [6.45, 7) is 2.03. The van der Waals surface area contributed by atoms with E-state index < -0.39 is 0 Å². The molecular formula is C14H30N4. The van der Waals surface area contributed by atoms with Crippen LogP contribution in [0.25, 0.3) is 0 Å². The third kappa shape index (κ3) is 4.19. The molecule has 106 valence electrons. The van der Waals surface area contributed by atoms with Gasteiger partial charge in [-0.1, -0.05) is 25.7 Å². The van der Waals surface area contributed by atoms with Crippen molar-refractivity contribution < 1.29 is 0 Å². The van der Waals surface area contributed by atoms with E-state index in [2.05, 4.69) is 10.6 Å². The van der Waals surface area contributed by atoms with Gasteiger partial charge in [0.05, 0.1) is 0 Å². The molecule has 6 N–H and O–H groups in total. The maximum absolute atomic E-state index is 6.12. The van der Waals surface area contributed by atoms with Gasteiger partial charge in [0.1, 0.15) is 0 Å². The van der Waals surface area contributed by atoms with E-state index in [4.69, 9.17) is 11.5 Å². The van der Waals surface area contributed by atoms with Gasteiger partial charge in [-0.3, -0.25) is 0 Å². The van der Waals surface area contributed by atoms with Gasteiger partial charge in [-0.2, -0.15) is 0 Å². The van der Waals surface area contributed by atoms with Crippen molar-refractivity contribution in [1.82, 2.24) is 10.6 Å². The number of hydrogen-bond donors (Lipinski definition) is 4. The fourth-order valence-electron chi connectivity index (χ4n) is 3.34. The van der Waals surface area contributed by atoms with Crippen molar-refractivity contribution >= 4 is 0 Å². The molecule has 2 aliphatic rings. The van der Waals surface area contributed by atoms with Crippen molar-refractivity contribution in [2.45, 2.75) is 75.5 Å². The summed E-state index contributed by atoms with van der Waals surface area (Å²) in [6, 6.07) is 1.77.